The lowest BCUT2D eigenvalue weighted by Gasteiger charge is -2.07. The number of nitrogens with two attached hydrogens (primary N) is 1. The Balaban J connectivity index is 1.96. The minimum atomic E-state index is -0.484. The first-order valence-corrected chi connectivity index (χ1v) is 7.04. The predicted molar refractivity (Wildman–Crippen MR) is 93.5 cm³/mol. The first-order chi connectivity index (χ1) is 11.1. The number of benzene rings is 2. The van der Waals surface area contributed by atoms with Gasteiger partial charge in [0.2, 0.25) is 0 Å². The Morgan fingerprint density at radius 3 is 2.61 bits per heavy atom. The minimum absolute atomic E-state index is 0.0168. The van der Waals surface area contributed by atoms with Gasteiger partial charge < -0.3 is 16.0 Å². The second-order valence-electron chi connectivity index (χ2n) is 5.10. The SMILES string of the molecule is C=Cc1ccc(NC(=O)c2cc3c(N)cccc3[nH]c2=O)cc1. The van der Waals surface area contributed by atoms with E-state index in [0.717, 1.165) is 5.56 Å². The molecule has 5 nitrogen and oxygen atoms in total. The van der Waals surface area contributed by atoms with E-state index in [9.17, 15) is 9.59 Å². The van der Waals surface area contributed by atoms with E-state index in [-0.39, 0.29) is 5.56 Å². The zero-order valence-corrected chi connectivity index (χ0v) is 12.3. The third-order valence-electron chi connectivity index (χ3n) is 3.57. The quantitative estimate of drug-likeness (QED) is 0.650. The molecule has 114 valence electrons. The van der Waals surface area contributed by atoms with Crippen LogP contribution in [0, 0.1) is 0 Å². The molecular weight excluding hydrogens is 290 g/mol. The second kappa shape index (κ2) is 5.81. The number of hydrogen-bond donors (Lipinski definition) is 3. The fraction of sp³-hybridized carbons (Fsp3) is 0. The Morgan fingerprint density at radius 2 is 1.91 bits per heavy atom. The van der Waals surface area contributed by atoms with E-state index < -0.39 is 11.5 Å². The Kier molecular flexibility index (Phi) is 3.68. The number of rotatable bonds is 3. The van der Waals surface area contributed by atoms with E-state index in [1.165, 1.54) is 6.07 Å². The number of carbonyl (C=O) groups is 1. The van der Waals surface area contributed by atoms with Gasteiger partial charge in [-0.3, -0.25) is 9.59 Å². The van der Waals surface area contributed by atoms with E-state index in [1.807, 2.05) is 12.1 Å². The highest BCUT2D eigenvalue weighted by atomic mass is 16.2. The van der Waals surface area contributed by atoms with Crippen LogP contribution in [0.3, 0.4) is 0 Å². The number of nitrogens with one attached hydrogen (secondary N) is 2. The van der Waals surface area contributed by atoms with Gasteiger partial charge in [-0.2, -0.15) is 0 Å². The Bertz CT molecular complexity index is 956. The normalized spacial score (nSPS) is 10.4. The maximum Gasteiger partial charge on any atom is 0.261 e. The Labute approximate surface area is 132 Å². The zero-order valence-electron chi connectivity index (χ0n) is 12.3. The van der Waals surface area contributed by atoms with Gasteiger partial charge in [0.05, 0.1) is 5.52 Å². The molecule has 1 heterocycles. The molecule has 23 heavy (non-hydrogen) atoms. The molecule has 0 bridgehead atoms. The average Bonchev–Trinajstić information content (AvgIpc) is 2.55. The first-order valence-electron chi connectivity index (χ1n) is 7.04. The highest BCUT2D eigenvalue weighted by Gasteiger charge is 2.13. The highest BCUT2D eigenvalue weighted by Crippen LogP contribution is 2.19. The standard InChI is InChI=1S/C18H15N3O2/c1-2-11-6-8-12(9-7-11)20-17(22)14-10-13-15(19)4-3-5-16(13)21-18(14)23/h2-10H,1,19H2,(H,20,22)(H,21,23). The molecule has 2 aromatic carbocycles. The lowest BCUT2D eigenvalue weighted by atomic mass is 10.1. The van der Waals surface area contributed by atoms with Gasteiger partial charge in [0, 0.05) is 16.8 Å². The molecule has 0 aliphatic rings. The topological polar surface area (TPSA) is 88.0 Å². The molecule has 1 amide bonds. The smallest absolute Gasteiger partial charge is 0.261 e. The molecule has 3 aromatic rings. The van der Waals surface area contributed by atoms with E-state index >= 15 is 0 Å². The van der Waals surface area contributed by atoms with Crippen molar-refractivity contribution in [3.05, 3.63) is 76.6 Å². The van der Waals surface area contributed by atoms with Crippen LogP contribution >= 0.6 is 0 Å². The molecule has 1 aromatic heterocycles. The number of pyridine rings is 1. The number of amides is 1. The number of fused-ring (bicyclic) bond motifs is 1. The Hall–Kier alpha value is -3.34. The van der Waals surface area contributed by atoms with Crippen molar-refractivity contribution in [3.63, 3.8) is 0 Å². The van der Waals surface area contributed by atoms with Crippen molar-refractivity contribution in [2.24, 2.45) is 0 Å². The van der Waals surface area contributed by atoms with Crippen LogP contribution in [0.2, 0.25) is 0 Å². The summed E-state index contributed by atoms with van der Waals surface area (Å²) in [5.74, 6) is -0.484. The summed E-state index contributed by atoms with van der Waals surface area (Å²) in [6.45, 7) is 3.67. The summed E-state index contributed by atoms with van der Waals surface area (Å²) < 4.78 is 0. The van der Waals surface area contributed by atoms with Crippen LogP contribution in [-0.4, -0.2) is 10.9 Å². The molecule has 0 atom stereocenters. The maximum atomic E-state index is 12.4. The molecule has 0 spiro atoms. The summed E-state index contributed by atoms with van der Waals surface area (Å²) in [5.41, 5.74) is 8.10. The van der Waals surface area contributed by atoms with Crippen LogP contribution in [0.1, 0.15) is 15.9 Å². The van der Waals surface area contributed by atoms with Crippen LogP contribution in [0.5, 0.6) is 0 Å². The number of anilines is 2. The third kappa shape index (κ3) is 2.85. The lowest BCUT2D eigenvalue weighted by molar-refractivity contribution is 0.102. The van der Waals surface area contributed by atoms with Gasteiger partial charge >= 0.3 is 0 Å². The van der Waals surface area contributed by atoms with E-state index in [2.05, 4.69) is 16.9 Å². The average molecular weight is 305 g/mol. The first kappa shape index (κ1) is 14.6. The molecule has 0 fully saturated rings. The monoisotopic (exact) mass is 305 g/mol. The number of H-pyrrole nitrogens is 1. The van der Waals surface area contributed by atoms with Crippen LogP contribution in [0.4, 0.5) is 11.4 Å². The van der Waals surface area contributed by atoms with Gasteiger partial charge in [-0.1, -0.05) is 30.9 Å². The van der Waals surface area contributed by atoms with Crippen molar-refractivity contribution >= 4 is 34.3 Å². The minimum Gasteiger partial charge on any atom is -0.398 e. The molecule has 0 unspecified atom stereocenters. The number of hydrogen-bond acceptors (Lipinski definition) is 3. The van der Waals surface area contributed by atoms with Gasteiger partial charge in [0.15, 0.2) is 0 Å². The van der Waals surface area contributed by atoms with Crippen molar-refractivity contribution in [1.29, 1.82) is 0 Å². The largest absolute Gasteiger partial charge is 0.398 e. The summed E-state index contributed by atoms with van der Waals surface area (Å²) in [6.07, 6.45) is 1.71. The number of carbonyl (C=O) groups excluding carboxylic acids is 1. The molecule has 5 heteroatoms. The van der Waals surface area contributed by atoms with E-state index in [4.69, 9.17) is 5.73 Å². The van der Waals surface area contributed by atoms with Crippen molar-refractivity contribution < 1.29 is 4.79 Å². The van der Waals surface area contributed by atoms with Gasteiger partial charge in [0.25, 0.3) is 11.5 Å². The fourth-order valence-corrected chi connectivity index (χ4v) is 2.32. The summed E-state index contributed by atoms with van der Waals surface area (Å²) in [5, 5.41) is 3.34. The second-order valence-corrected chi connectivity index (χ2v) is 5.10. The zero-order chi connectivity index (χ0) is 16.4. The van der Waals surface area contributed by atoms with Crippen LogP contribution in [0.25, 0.3) is 17.0 Å². The summed E-state index contributed by atoms with van der Waals surface area (Å²) >= 11 is 0. The Morgan fingerprint density at radius 1 is 1.17 bits per heavy atom. The third-order valence-corrected chi connectivity index (χ3v) is 3.57. The predicted octanol–water partition coefficient (Wildman–Crippen LogP) is 3.01. The van der Waals surface area contributed by atoms with E-state index in [0.29, 0.717) is 22.3 Å². The number of aromatic nitrogens is 1. The van der Waals surface area contributed by atoms with Crippen molar-refractivity contribution in [1.82, 2.24) is 4.98 Å². The van der Waals surface area contributed by atoms with Gasteiger partial charge in [-0.25, -0.2) is 0 Å². The lowest BCUT2D eigenvalue weighted by Crippen LogP contribution is -2.23. The molecule has 3 rings (SSSR count). The molecule has 0 saturated heterocycles. The van der Waals surface area contributed by atoms with Crippen molar-refractivity contribution in [2.45, 2.75) is 0 Å². The maximum absolute atomic E-state index is 12.4. The van der Waals surface area contributed by atoms with Crippen LogP contribution in [-0.2, 0) is 0 Å². The summed E-state index contributed by atoms with van der Waals surface area (Å²) in [7, 11) is 0. The molecule has 0 aliphatic carbocycles. The molecule has 0 saturated carbocycles. The van der Waals surface area contributed by atoms with Crippen molar-refractivity contribution in [3.8, 4) is 0 Å². The van der Waals surface area contributed by atoms with Gasteiger partial charge in [0.1, 0.15) is 5.56 Å². The van der Waals surface area contributed by atoms with Crippen molar-refractivity contribution in [2.75, 3.05) is 11.1 Å². The molecule has 0 aliphatic heterocycles. The summed E-state index contributed by atoms with van der Waals surface area (Å²) in [4.78, 5) is 27.1. The number of aromatic amines is 1. The van der Waals surface area contributed by atoms with Crippen LogP contribution in [0.15, 0.2) is 59.9 Å². The number of nitrogen functional groups attached to an aromatic ring is 1. The highest BCUT2D eigenvalue weighted by molar-refractivity contribution is 6.06. The molecular formula is C18H15N3O2. The van der Waals surface area contributed by atoms with Crippen LogP contribution < -0.4 is 16.6 Å². The van der Waals surface area contributed by atoms with Gasteiger partial charge in [-0.15, -0.1) is 0 Å². The summed E-state index contributed by atoms with van der Waals surface area (Å²) in [6, 6.07) is 13.9. The van der Waals surface area contributed by atoms with E-state index in [1.54, 1.807) is 36.4 Å². The fourth-order valence-electron chi connectivity index (χ4n) is 2.32. The molecule has 4 N–H and O–H groups in total. The molecule has 0 radical (unpaired) electrons. The van der Waals surface area contributed by atoms with Gasteiger partial charge in [-0.05, 0) is 35.9 Å².